The predicted octanol–water partition coefficient (Wildman–Crippen LogP) is 3.38. The number of furan rings is 1. The molecule has 0 fully saturated rings. The first kappa shape index (κ1) is 15.8. The molecule has 0 aliphatic carbocycles. The summed E-state index contributed by atoms with van der Waals surface area (Å²) in [6, 6.07) is 11.8. The molecule has 0 aliphatic rings. The van der Waals surface area contributed by atoms with E-state index in [1.165, 1.54) is 0 Å². The van der Waals surface area contributed by atoms with Crippen LogP contribution in [0.5, 0.6) is 0 Å². The number of nitrogens with one attached hydrogen (secondary N) is 1. The Balaban J connectivity index is 2.02. The Labute approximate surface area is 126 Å². The Hall–Kier alpha value is -1.59. The molecular formula is C16H21NO3S. The van der Waals surface area contributed by atoms with Crippen LogP contribution >= 0.6 is 0 Å². The summed E-state index contributed by atoms with van der Waals surface area (Å²) in [4.78, 5) is 0. The van der Waals surface area contributed by atoms with E-state index in [1.54, 1.807) is 20.1 Å². The fourth-order valence-corrected chi connectivity index (χ4v) is 2.76. The normalized spacial score (nSPS) is 13.5. The molecule has 1 atom stereocenters. The summed E-state index contributed by atoms with van der Waals surface area (Å²) >= 11 is 0. The second-order valence-corrected chi connectivity index (χ2v) is 7.76. The number of rotatable bonds is 6. The van der Waals surface area contributed by atoms with E-state index in [1.807, 2.05) is 43.3 Å². The van der Waals surface area contributed by atoms with E-state index in [4.69, 9.17) is 4.42 Å². The van der Waals surface area contributed by atoms with Crippen molar-refractivity contribution in [3.63, 3.8) is 0 Å². The monoisotopic (exact) mass is 307 g/mol. The molecule has 0 bridgehead atoms. The molecule has 2 rings (SSSR count). The van der Waals surface area contributed by atoms with Crippen LogP contribution in [-0.4, -0.2) is 20.2 Å². The van der Waals surface area contributed by atoms with E-state index < -0.39 is 15.3 Å². The van der Waals surface area contributed by atoms with Gasteiger partial charge in [0.1, 0.15) is 5.76 Å². The zero-order valence-corrected chi connectivity index (χ0v) is 13.4. The lowest BCUT2D eigenvalue weighted by atomic mass is 9.99. The van der Waals surface area contributed by atoms with Gasteiger partial charge in [-0.15, -0.1) is 0 Å². The van der Waals surface area contributed by atoms with Crippen molar-refractivity contribution in [1.82, 2.24) is 4.72 Å². The third kappa shape index (κ3) is 3.95. The number of hydrogen-bond donors (Lipinski definition) is 1. The summed E-state index contributed by atoms with van der Waals surface area (Å²) in [6.07, 6.45) is 1.65. The highest BCUT2D eigenvalue weighted by molar-refractivity contribution is 7.90. The van der Waals surface area contributed by atoms with Crippen molar-refractivity contribution >= 4 is 10.0 Å². The molecule has 1 N–H and O–H groups in total. The molecule has 0 radical (unpaired) electrons. The van der Waals surface area contributed by atoms with Gasteiger partial charge in [-0.3, -0.25) is 0 Å². The number of benzene rings is 1. The van der Waals surface area contributed by atoms with Crippen LogP contribution in [0.3, 0.4) is 0 Å². The minimum atomic E-state index is -3.21. The van der Waals surface area contributed by atoms with Gasteiger partial charge in [-0.25, -0.2) is 13.1 Å². The standard InChI is InChI=1S/C16H21NO3S/c1-12(2)21(18,19)17-11-13(3)14-6-8-15(9-7-14)16-5-4-10-20-16/h4-10,12-13,17H,11H2,1-3H3. The van der Waals surface area contributed by atoms with Crippen molar-refractivity contribution in [3.8, 4) is 11.3 Å². The van der Waals surface area contributed by atoms with Gasteiger partial charge in [-0.05, 0) is 37.5 Å². The van der Waals surface area contributed by atoms with Gasteiger partial charge < -0.3 is 4.42 Å². The quantitative estimate of drug-likeness (QED) is 0.890. The number of hydrogen-bond acceptors (Lipinski definition) is 3. The van der Waals surface area contributed by atoms with E-state index in [-0.39, 0.29) is 5.92 Å². The van der Waals surface area contributed by atoms with E-state index in [2.05, 4.69) is 4.72 Å². The molecular weight excluding hydrogens is 286 g/mol. The summed E-state index contributed by atoms with van der Waals surface area (Å²) in [5.41, 5.74) is 2.11. The molecule has 1 aromatic carbocycles. The third-order valence-corrected chi connectivity index (χ3v) is 5.31. The van der Waals surface area contributed by atoms with Crippen LogP contribution in [-0.2, 0) is 10.0 Å². The van der Waals surface area contributed by atoms with Crippen molar-refractivity contribution in [2.75, 3.05) is 6.54 Å². The molecule has 114 valence electrons. The minimum absolute atomic E-state index is 0.115. The predicted molar refractivity (Wildman–Crippen MR) is 84.6 cm³/mol. The lowest BCUT2D eigenvalue weighted by Crippen LogP contribution is -2.33. The van der Waals surface area contributed by atoms with Crippen LogP contribution in [0, 0.1) is 0 Å². The molecule has 1 aromatic heterocycles. The summed E-state index contributed by atoms with van der Waals surface area (Å²) in [5, 5.41) is -0.411. The SMILES string of the molecule is CC(CNS(=O)(=O)C(C)C)c1ccc(-c2ccco2)cc1. The molecule has 4 nitrogen and oxygen atoms in total. The zero-order chi connectivity index (χ0) is 15.5. The van der Waals surface area contributed by atoms with Gasteiger partial charge >= 0.3 is 0 Å². The van der Waals surface area contributed by atoms with Gasteiger partial charge in [-0.2, -0.15) is 0 Å². The van der Waals surface area contributed by atoms with Crippen molar-refractivity contribution in [1.29, 1.82) is 0 Å². The maximum atomic E-state index is 11.8. The topological polar surface area (TPSA) is 59.3 Å². The average Bonchev–Trinajstić information content (AvgIpc) is 2.99. The van der Waals surface area contributed by atoms with E-state index in [0.717, 1.165) is 16.9 Å². The lowest BCUT2D eigenvalue weighted by Gasteiger charge is -2.15. The van der Waals surface area contributed by atoms with Gasteiger partial charge in [0.25, 0.3) is 0 Å². The van der Waals surface area contributed by atoms with Gasteiger partial charge in [0.05, 0.1) is 11.5 Å². The third-order valence-electron chi connectivity index (χ3n) is 3.50. The van der Waals surface area contributed by atoms with Crippen LogP contribution in [0.15, 0.2) is 47.1 Å². The fourth-order valence-electron chi connectivity index (χ4n) is 1.94. The van der Waals surface area contributed by atoms with Gasteiger partial charge in [0.15, 0.2) is 0 Å². The Kier molecular flexibility index (Phi) is 4.85. The largest absolute Gasteiger partial charge is 0.464 e. The van der Waals surface area contributed by atoms with Crippen LogP contribution in [0.25, 0.3) is 11.3 Å². The molecule has 0 saturated carbocycles. The number of sulfonamides is 1. The van der Waals surface area contributed by atoms with Crippen molar-refractivity contribution in [2.24, 2.45) is 0 Å². The van der Waals surface area contributed by atoms with Crippen LogP contribution in [0.2, 0.25) is 0 Å². The van der Waals surface area contributed by atoms with Crippen LogP contribution in [0.1, 0.15) is 32.3 Å². The Morgan fingerprint density at radius 1 is 1.10 bits per heavy atom. The van der Waals surface area contributed by atoms with Crippen molar-refractivity contribution in [2.45, 2.75) is 31.9 Å². The zero-order valence-electron chi connectivity index (χ0n) is 12.5. The minimum Gasteiger partial charge on any atom is -0.464 e. The molecule has 0 saturated heterocycles. The van der Waals surface area contributed by atoms with E-state index in [0.29, 0.717) is 6.54 Å². The molecule has 1 heterocycles. The first-order valence-electron chi connectivity index (χ1n) is 7.02. The first-order valence-corrected chi connectivity index (χ1v) is 8.57. The van der Waals surface area contributed by atoms with Crippen molar-refractivity contribution in [3.05, 3.63) is 48.2 Å². The molecule has 5 heteroatoms. The van der Waals surface area contributed by atoms with Crippen LogP contribution in [0.4, 0.5) is 0 Å². The average molecular weight is 307 g/mol. The summed E-state index contributed by atoms with van der Waals surface area (Å²) in [5.74, 6) is 0.943. The molecule has 21 heavy (non-hydrogen) atoms. The van der Waals surface area contributed by atoms with Crippen molar-refractivity contribution < 1.29 is 12.8 Å². The molecule has 1 unspecified atom stereocenters. The highest BCUT2D eigenvalue weighted by Crippen LogP contribution is 2.23. The second kappa shape index (κ2) is 6.45. The van der Waals surface area contributed by atoms with E-state index >= 15 is 0 Å². The van der Waals surface area contributed by atoms with Gasteiger partial charge in [0.2, 0.25) is 10.0 Å². The second-order valence-electron chi connectivity index (χ2n) is 5.44. The van der Waals surface area contributed by atoms with Gasteiger partial charge in [0, 0.05) is 12.1 Å². The summed E-state index contributed by atoms with van der Waals surface area (Å²) in [7, 11) is -3.21. The molecule has 0 amide bonds. The lowest BCUT2D eigenvalue weighted by molar-refractivity contribution is 0.566. The molecule has 2 aromatic rings. The Bertz CT molecular complexity index is 658. The van der Waals surface area contributed by atoms with Crippen LogP contribution < -0.4 is 4.72 Å². The summed E-state index contributed by atoms with van der Waals surface area (Å²) in [6.45, 7) is 5.75. The fraction of sp³-hybridized carbons (Fsp3) is 0.375. The molecule has 0 spiro atoms. The highest BCUT2D eigenvalue weighted by Gasteiger charge is 2.17. The summed E-state index contributed by atoms with van der Waals surface area (Å²) < 4.78 is 31.5. The highest BCUT2D eigenvalue weighted by atomic mass is 32.2. The van der Waals surface area contributed by atoms with Gasteiger partial charge in [-0.1, -0.05) is 31.2 Å². The Morgan fingerprint density at radius 2 is 1.76 bits per heavy atom. The van der Waals surface area contributed by atoms with E-state index in [9.17, 15) is 8.42 Å². The Morgan fingerprint density at radius 3 is 2.29 bits per heavy atom. The first-order chi connectivity index (χ1) is 9.90. The smallest absolute Gasteiger partial charge is 0.213 e. The molecule has 0 aliphatic heterocycles. The maximum Gasteiger partial charge on any atom is 0.213 e. The maximum absolute atomic E-state index is 11.8.